The first-order valence-electron chi connectivity index (χ1n) is 8.09. The van der Waals surface area contributed by atoms with Crippen molar-refractivity contribution in [2.24, 2.45) is 4.99 Å². The van der Waals surface area contributed by atoms with Crippen LogP contribution in [0.5, 0.6) is 5.75 Å². The van der Waals surface area contributed by atoms with Crippen LogP contribution in [-0.2, 0) is 6.42 Å². The molecule has 1 aromatic carbocycles. The molecule has 2 aromatic rings. The van der Waals surface area contributed by atoms with Gasteiger partial charge in [-0.2, -0.15) is 0 Å². The molecule has 0 aliphatic rings. The zero-order chi connectivity index (χ0) is 17.2. The Morgan fingerprint density at radius 3 is 2.60 bits per heavy atom. The van der Waals surface area contributed by atoms with Crippen molar-refractivity contribution in [1.29, 1.82) is 0 Å². The predicted octanol–water partition coefficient (Wildman–Crippen LogP) is 2.74. The third-order valence-corrected chi connectivity index (χ3v) is 3.51. The Balaban J connectivity index is 0.00000312. The Kier molecular flexibility index (Phi) is 10.0. The van der Waals surface area contributed by atoms with E-state index in [4.69, 9.17) is 9.15 Å². The number of ether oxygens (including phenoxy) is 1. The van der Waals surface area contributed by atoms with Gasteiger partial charge in [0.25, 0.3) is 0 Å². The molecule has 0 bridgehead atoms. The monoisotopic (exact) mass is 459 g/mol. The zero-order valence-electron chi connectivity index (χ0n) is 14.6. The van der Waals surface area contributed by atoms with Gasteiger partial charge in [-0.25, -0.2) is 0 Å². The van der Waals surface area contributed by atoms with E-state index in [2.05, 4.69) is 15.6 Å². The lowest BCUT2D eigenvalue weighted by atomic mass is 10.1. The van der Waals surface area contributed by atoms with E-state index in [1.807, 2.05) is 43.3 Å². The first kappa shape index (κ1) is 21.3. The first-order chi connectivity index (χ1) is 11.7. The van der Waals surface area contributed by atoms with E-state index in [0.29, 0.717) is 12.5 Å². The number of furan rings is 1. The van der Waals surface area contributed by atoms with Crippen molar-refractivity contribution < 1.29 is 14.3 Å². The highest BCUT2D eigenvalue weighted by atomic mass is 127. The molecule has 0 radical (unpaired) electrons. The van der Waals surface area contributed by atoms with Gasteiger partial charge in [-0.3, -0.25) is 4.99 Å². The summed E-state index contributed by atoms with van der Waals surface area (Å²) < 4.78 is 10.4. The fraction of sp³-hybridized carbons (Fsp3) is 0.389. The molecule has 25 heavy (non-hydrogen) atoms. The molecule has 1 atom stereocenters. The summed E-state index contributed by atoms with van der Waals surface area (Å²) in [6.07, 6.45) is 1.79. The predicted molar refractivity (Wildman–Crippen MR) is 110 cm³/mol. The number of guanidine groups is 1. The summed E-state index contributed by atoms with van der Waals surface area (Å²) >= 11 is 0. The number of hydrogen-bond donors (Lipinski definition) is 3. The lowest BCUT2D eigenvalue weighted by Crippen LogP contribution is -2.38. The van der Waals surface area contributed by atoms with Crippen molar-refractivity contribution in [1.82, 2.24) is 10.6 Å². The number of nitrogens with one attached hydrogen (secondary N) is 2. The average Bonchev–Trinajstić information content (AvgIpc) is 3.13. The summed E-state index contributed by atoms with van der Waals surface area (Å²) in [6, 6.07) is 11.2. The van der Waals surface area contributed by atoms with Crippen molar-refractivity contribution in [2.45, 2.75) is 19.4 Å². The maximum absolute atomic E-state index is 10.3. The molecular formula is C18H26IN3O3. The van der Waals surface area contributed by atoms with Crippen LogP contribution in [-0.4, -0.2) is 37.8 Å². The molecule has 3 N–H and O–H groups in total. The van der Waals surface area contributed by atoms with Crippen molar-refractivity contribution in [2.75, 3.05) is 26.7 Å². The maximum Gasteiger partial charge on any atom is 0.191 e. The fourth-order valence-corrected chi connectivity index (χ4v) is 2.21. The fourth-order valence-electron chi connectivity index (χ4n) is 2.21. The van der Waals surface area contributed by atoms with Crippen LogP contribution in [0.25, 0.3) is 0 Å². The quantitative estimate of drug-likeness (QED) is 0.322. The first-order valence-corrected chi connectivity index (χ1v) is 8.09. The number of rotatable bonds is 8. The molecule has 0 fully saturated rings. The Morgan fingerprint density at radius 1 is 1.24 bits per heavy atom. The molecule has 0 aliphatic heterocycles. The van der Waals surface area contributed by atoms with Crippen LogP contribution in [0, 0.1) is 0 Å². The topological polar surface area (TPSA) is 79.0 Å². The Labute approximate surface area is 165 Å². The largest absolute Gasteiger partial charge is 0.497 e. The summed E-state index contributed by atoms with van der Waals surface area (Å²) in [6.45, 7) is 3.75. The maximum atomic E-state index is 10.3. The summed E-state index contributed by atoms with van der Waals surface area (Å²) in [5.41, 5.74) is 0.811. The van der Waals surface area contributed by atoms with Gasteiger partial charge >= 0.3 is 0 Å². The second kappa shape index (κ2) is 11.8. The van der Waals surface area contributed by atoms with Crippen LogP contribution in [0.15, 0.2) is 52.1 Å². The molecule has 6 nitrogen and oxygen atoms in total. The van der Waals surface area contributed by atoms with Gasteiger partial charge in [0, 0.05) is 19.5 Å². The molecule has 1 heterocycles. The second-order valence-corrected chi connectivity index (χ2v) is 5.26. The van der Waals surface area contributed by atoms with E-state index in [0.717, 1.165) is 30.0 Å². The van der Waals surface area contributed by atoms with Crippen molar-refractivity contribution >= 4 is 29.9 Å². The van der Waals surface area contributed by atoms with E-state index >= 15 is 0 Å². The van der Waals surface area contributed by atoms with Crippen LogP contribution in [0.2, 0.25) is 0 Å². The van der Waals surface area contributed by atoms with Gasteiger partial charge in [-0.1, -0.05) is 12.1 Å². The third-order valence-electron chi connectivity index (χ3n) is 3.51. The number of hydrogen-bond acceptors (Lipinski definition) is 4. The van der Waals surface area contributed by atoms with Crippen molar-refractivity contribution in [3.8, 4) is 5.75 Å². The molecule has 1 aromatic heterocycles. The number of halogens is 1. The number of benzene rings is 1. The number of methoxy groups -OCH3 is 1. The summed E-state index contributed by atoms with van der Waals surface area (Å²) in [7, 11) is 1.62. The second-order valence-electron chi connectivity index (χ2n) is 5.26. The van der Waals surface area contributed by atoms with Gasteiger partial charge in [-0.15, -0.1) is 24.0 Å². The lowest BCUT2D eigenvalue weighted by molar-refractivity contribution is 0.187. The number of aliphatic imine (C=N–C) groups is 1. The molecule has 0 aliphatic carbocycles. The molecule has 0 spiro atoms. The molecule has 1 unspecified atom stereocenters. The van der Waals surface area contributed by atoms with Crippen LogP contribution >= 0.6 is 24.0 Å². The van der Waals surface area contributed by atoms with Crippen LogP contribution in [0.1, 0.15) is 24.4 Å². The summed E-state index contributed by atoms with van der Waals surface area (Å²) in [5, 5.41) is 16.7. The lowest BCUT2D eigenvalue weighted by Gasteiger charge is -2.13. The van der Waals surface area contributed by atoms with Gasteiger partial charge in [0.2, 0.25) is 0 Å². The Morgan fingerprint density at radius 2 is 2.00 bits per heavy atom. The normalized spacial score (nSPS) is 12.2. The van der Waals surface area contributed by atoms with E-state index in [9.17, 15) is 5.11 Å². The van der Waals surface area contributed by atoms with Gasteiger partial charge in [0.05, 0.1) is 26.0 Å². The summed E-state index contributed by atoms with van der Waals surface area (Å²) in [5.74, 6) is 2.37. The van der Waals surface area contributed by atoms with Gasteiger partial charge in [-0.05, 0) is 36.8 Å². The van der Waals surface area contributed by atoms with E-state index in [-0.39, 0.29) is 30.5 Å². The van der Waals surface area contributed by atoms with Crippen LogP contribution in [0.4, 0.5) is 0 Å². The SMILES string of the molecule is CCNC(=NCC(O)c1ccc(OC)cc1)NCCc1ccco1.I. The standard InChI is InChI=1S/C18H25N3O3.HI/c1-3-19-18(20-11-10-16-5-4-12-24-16)21-13-17(22)14-6-8-15(23-2)9-7-14;/h4-9,12,17,22H,3,10-11,13H2,1-2H3,(H2,19,20,21);1H. The van der Waals surface area contributed by atoms with E-state index in [1.54, 1.807) is 13.4 Å². The number of aliphatic hydroxyl groups excluding tert-OH is 1. The van der Waals surface area contributed by atoms with Gasteiger partial charge < -0.3 is 24.9 Å². The number of nitrogens with zero attached hydrogens (tertiary/aromatic N) is 1. The minimum atomic E-state index is -0.656. The molecular weight excluding hydrogens is 433 g/mol. The van der Waals surface area contributed by atoms with Crippen LogP contribution < -0.4 is 15.4 Å². The smallest absolute Gasteiger partial charge is 0.191 e. The molecule has 2 rings (SSSR count). The zero-order valence-corrected chi connectivity index (χ0v) is 16.9. The highest BCUT2D eigenvalue weighted by Gasteiger charge is 2.08. The third kappa shape index (κ3) is 7.35. The minimum Gasteiger partial charge on any atom is -0.497 e. The minimum absolute atomic E-state index is 0. The van der Waals surface area contributed by atoms with Crippen molar-refractivity contribution in [3.05, 3.63) is 54.0 Å². The molecule has 0 amide bonds. The number of aliphatic hydroxyl groups is 1. The van der Waals surface area contributed by atoms with E-state index in [1.165, 1.54) is 0 Å². The van der Waals surface area contributed by atoms with Gasteiger partial charge in [0.1, 0.15) is 11.5 Å². The Hall–Kier alpha value is -1.74. The molecule has 0 saturated carbocycles. The summed E-state index contributed by atoms with van der Waals surface area (Å²) in [4.78, 5) is 4.43. The average molecular weight is 459 g/mol. The van der Waals surface area contributed by atoms with Crippen LogP contribution in [0.3, 0.4) is 0 Å². The van der Waals surface area contributed by atoms with E-state index < -0.39 is 6.10 Å². The van der Waals surface area contributed by atoms with Crippen molar-refractivity contribution in [3.63, 3.8) is 0 Å². The highest BCUT2D eigenvalue weighted by Crippen LogP contribution is 2.17. The molecule has 7 heteroatoms. The van der Waals surface area contributed by atoms with Gasteiger partial charge in [0.15, 0.2) is 5.96 Å². The Bertz CT molecular complexity index is 615. The molecule has 0 saturated heterocycles. The molecule has 138 valence electrons. The highest BCUT2D eigenvalue weighted by molar-refractivity contribution is 14.0.